The minimum atomic E-state index is -1.36. The Hall–Kier alpha value is -0.680. The van der Waals surface area contributed by atoms with Gasteiger partial charge in [-0.1, -0.05) is 51.5 Å². The number of aliphatic hydroxyl groups is 4. The van der Waals surface area contributed by atoms with Crippen LogP contribution in [0.3, 0.4) is 0 Å². The third-order valence-corrected chi connectivity index (χ3v) is 10.7. The van der Waals surface area contributed by atoms with E-state index >= 15 is 0 Å². The van der Waals surface area contributed by atoms with Crippen molar-refractivity contribution in [1.29, 1.82) is 0 Å². The number of hydrogen-bond donors (Lipinski definition) is 4. The van der Waals surface area contributed by atoms with E-state index in [1.807, 2.05) is 0 Å². The van der Waals surface area contributed by atoms with Crippen LogP contribution in [0.4, 0.5) is 0 Å². The summed E-state index contributed by atoms with van der Waals surface area (Å²) in [4.78, 5) is 0. The second-order valence-corrected chi connectivity index (χ2v) is 12.7. The fraction of sp³-hybridized carbons (Fsp3) is 0.857. The Morgan fingerprint density at radius 1 is 1.19 bits per heavy atom. The second-order valence-electron chi connectivity index (χ2n) is 12.7. The van der Waals surface area contributed by atoms with Crippen LogP contribution in [-0.4, -0.2) is 44.3 Å². The molecule has 4 rings (SSSR count). The van der Waals surface area contributed by atoms with Gasteiger partial charge in [-0.25, -0.2) is 0 Å². The molecule has 0 aromatic rings. The highest BCUT2D eigenvalue weighted by molar-refractivity contribution is 5.26. The van der Waals surface area contributed by atoms with E-state index < -0.39 is 17.8 Å². The Balaban J connectivity index is 1.61. The quantitative estimate of drug-likeness (QED) is 0.465. The summed E-state index contributed by atoms with van der Waals surface area (Å²) in [7, 11) is 0. The molecule has 4 N–H and O–H groups in total. The second kappa shape index (κ2) is 8.22. The molecule has 0 aromatic heterocycles. The monoisotopic (exact) mass is 446 g/mol. The highest BCUT2D eigenvalue weighted by atomic mass is 16.3. The van der Waals surface area contributed by atoms with Gasteiger partial charge in [-0.05, 0) is 92.8 Å². The summed E-state index contributed by atoms with van der Waals surface area (Å²) in [5, 5.41) is 44.3. The van der Waals surface area contributed by atoms with E-state index in [1.165, 1.54) is 5.57 Å². The summed E-state index contributed by atoms with van der Waals surface area (Å²) >= 11 is 0. The summed E-state index contributed by atoms with van der Waals surface area (Å²) < 4.78 is 0. The Morgan fingerprint density at radius 2 is 1.88 bits per heavy atom. The zero-order chi connectivity index (χ0) is 23.6. The molecule has 0 saturated heterocycles. The minimum Gasteiger partial charge on any atom is -0.393 e. The standard InChI is InChI=1S/C28H46O4/c1-16(2)17(3)13-24(31)28(6,32)25-23(30)15-22-20-8-7-18-14-19(29)9-11-26(18,4)21(20)10-12-27(22,25)5/h7,16,19-25,29-32H,3,8-15H2,1-2,4-6H3/t19-,20-,21+,22+,23+,24?,25+,26+,27+,28+/m1/s1. The highest BCUT2D eigenvalue weighted by Crippen LogP contribution is 2.67. The van der Waals surface area contributed by atoms with Crippen molar-refractivity contribution in [2.24, 2.45) is 40.4 Å². The lowest BCUT2D eigenvalue weighted by molar-refractivity contribution is -0.166. The SMILES string of the molecule is C=C(CC(O)[C@](C)(O)[C@H]1[C@@H](O)C[C@H]2[C@@H]3CC=C4C[C@H](O)CC[C@]4(C)[C@H]3CC[C@@]21C)C(C)C. The summed E-state index contributed by atoms with van der Waals surface area (Å²) in [5.74, 6) is 1.33. The zero-order valence-corrected chi connectivity index (χ0v) is 20.8. The molecule has 0 aliphatic heterocycles. The van der Waals surface area contributed by atoms with Gasteiger partial charge in [0.15, 0.2) is 0 Å². The van der Waals surface area contributed by atoms with E-state index in [1.54, 1.807) is 6.92 Å². The van der Waals surface area contributed by atoms with Crippen molar-refractivity contribution < 1.29 is 20.4 Å². The lowest BCUT2D eigenvalue weighted by Crippen LogP contribution is -2.57. The van der Waals surface area contributed by atoms with E-state index in [-0.39, 0.29) is 28.8 Å². The molecule has 10 atom stereocenters. The fourth-order valence-electron chi connectivity index (χ4n) is 8.61. The molecular weight excluding hydrogens is 400 g/mol. The first-order valence-electron chi connectivity index (χ1n) is 13.0. The van der Waals surface area contributed by atoms with E-state index in [2.05, 4.69) is 40.3 Å². The molecule has 0 amide bonds. The molecule has 0 radical (unpaired) electrons. The molecule has 3 fully saturated rings. The topological polar surface area (TPSA) is 80.9 Å². The molecule has 0 aromatic carbocycles. The molecule has 3 saturated carbocycles. The van der Waals surface area contributed by atoms with E-state index in [9.17, 15) is 20.4 Å². The lowest BCUT2D eigenvalue weighted by Gasteiger charge is -2.59. The van der Waals surface area contributed by atoms with Gasteiger partial charge in [-0.2, -0.15) is 0 Å². The largest absolute Gasteiger partial charge is 0.393 e. The van der Waals surface area contributed by atoms with Crippen LogP contribution in [0.1, 0.15) is 86.0 Å². The van der Waals surface area contributed by atoms with Crippen LogP contribution in [-0.2, 0) is 0 Å². The molecule has 4 aliphatic carbocycles. The Bertz CT molecular complexity index is 769. The number of allylic oxidation sites excluding steroid dienone is 1. The fourth-order valence-corrected chi connectivity index (χ4v) is 8.61. The maximum atomic E-state index is 11.7. The van der Waals surface area contributed by atoms with Gasteiger partial charge in [0, 0.05) is 5.92 Å². The van der Waals surface area contributed by atoms with E-state index in [0.29, 0.717) is 30.6 Å². The molecule has 4 nitrogen and oxygen atoms in total. The van der Waals surface area contributed by atoms with Crippen molar-refractivity contribution in [1.82, 2.24) is 0 Å². The van der Waals surface area contributed by atoms with Gasteiger partial charge in [-0.15, -0.1) is 0 Å². The predicted molar refractivity (Wildman–Crippen MR) is 128 cm³/mol. The normalized spacial score (nSPS) is 46.5. The zero-order valence-electron chi connectivity index (χ0n) is 20.8. The third-order valence-electron chi connectivity index (χ3n) is 10.7. The van der Waals surface area contributed by atoms with E-state index in [0.717, 1.165) is 44.1 Å². The van der Waals surface area contributed by atoms with Gasteiger partial charge < -0.3 is 20.4 Å². The van der Waals surface area contributed by atoms with Crippen LogP contribution >= 0.6 is 0 Å². The highest BCUT2D eigenvalue weighted by Gasteiger charge is 2.65. The van der Waals surface area contributed by atoms with Crippen molar-refractivity contribution in [3.8, 4) is 0 Å². The van der Waals surface area contributed by atoms with Crippen LogP contribution in [0.2, 0.25) is 0 Å². The van der Waals surface area contributed by atoms with Gasteiger partial charge >= 0.3 is 0 Å². The molecule has 4 heteroatoms. The molecule has 0 spiro atoms. The molecule has 4 aliphatic rings. The molecule has 182 valence electrons. The summed E-state index contributed by atoms with van der Waals surface area (Å²) in [6, 6.07) is 0. The number of hydrogen-bond acceptors (Lipinski definition) is 4. The smallest absolute Gasteiger partial charge is 0.0938 e. The molecule has 0 heterocycles. The first-order chi connectivity index (χ1) is 14.8. The first kappa shape index (κ1) is 24.4. The van der Waals surface area contributed by atoms with Gasteiger partial charge in [0.2, 0.25) is 0 Å². The lowest BCUT2D eigenvalue weighted by atomic mass is 9.46. The van der Waals surface area contributed by atoms with Crippen molar-refractivity contribution in [2.45, 2.75) is 110 Å². The molecular formula is C28H46O4. The van der Waals surface area contributed by atoms with Crippen LogP contribution < -0.4 is 0 Å². The summed E-state index contributed by atoms with van der Waals surface area (Å²) in [5.41, 5.74) is 0.991. The minimum absolute atomic E-state index is 0.156. The Labute approximate surface area is 194 Å². The van der Waals surface area contributed by atoms with Gasteiger partial charge in [0.1, 0.15) is 0 Å². The van der Waals surface area contributed by atoms with Crippen molar-refractivity contribution >= 4 is 0 Å². The van der Waals surface area contributed by atoms with Crippen LogP contribution in [0.5, 0.6) is 0 Å². The molecule has 1 unspecified atom stereocenters. The maximum Gasteiger partial charge on any atom is 0.0938 e. The Kier molecular flexibility index (Phi) is 6.28. The molecule has 0 bridgehead atoms. The number of rotatable bonds is 5. The van der Waals surface area contributed by atoms with Crippen LogP contribution in [0.15, 0.2) is 23.8 Å². The molecule has 32 heavy (non-hydrogen) atoms. The maximum absolute atomic E-state index is 11.7. The van der Waals surface area contributed by atoms with Crippen molar-refractivity contribution in [3.63, 3.8) is 0 Å². The van der Waals surface area contributed by atoms with E-state index in [4.69, 9.17) is 0 Å². The number of aliphatic hydroxyl groups excluding tert-OH is 3. The van der Waals surface area contributed by atoms with Gasteiger partial charge in [0.25, 0.3) is 0 Å². The average Bonchev–Trinajstić information content (AvgIpc) is 2.98. The van der Waals surface area contributed by atoms with Crippen LogP contribution in [0.25, 0.3) is 0 Å². The third kappa shape index (κ3) is 3.65. The van der Waals surface area contributed by atoms with Crippen molar-refractivity contribution in [3.05, 3.63) is 23.8 Å². The average molecular weight is 447 g/mol. The van der Waals surface area contributed by atoms with Crippen molar-refractivity contribution in [2.75, 3.05) is 0 Å². The summed E-state index contributed by atoms with van der Waals surface area (Å²) in [6.45, 7) is 14.6. The van der Waals surface area contributed by atoms with Gasteiger partial charge in [0.05, 0.1) is 23.9 Å². The number of fused-ring (bicyclic) bond motifs is 5. The van der Waals surface area contributed by atoms with Crippen LogP contribution in [0, 0.1) is 40.4 Å². The summed E-state index contributed by atoms with van der Waals surface area (Å²) in [6.07, 6.45) is 7.55. The first-order valence-corrected chi connectivity index (χ1v) is 13.0. The van der Waals surface area contributed by atoms with Gasteiger partial charge in [-0.3, -0.25) is 0 Å². The Morgan fingerprint density at radius 3 is 2.53 bits per heavy atom. The predicted octanol–water partition coefficient (Wildman–Crippen LogP) is 4.61.